The summed E-state index contributed by atoms with van der Waals surface area (Å²) in [6, 6.07) is 1.80. The summed E-state index contributed by atoms with van der Waals surface area (Å²) in [5.74, 6) is 0.842. The molecule has 18 heavy (non-hydrogen) atoms. The number of aromatic nitrogens is 2. The maximum absolute atomic E-state index is 12.1. The van der Waals surface area contributed by atoms with Crippen molar-refractivity contribution < 1.29 is 4.79 Å². The summed E-state index contributed by atoms with van der Waals surface area (Å²) in [4.78, 5) is 24.5. The van der Waals surface area contributed by atoms with Gasteiger partial charge < -0.3 is 15.5 Å². The van der Waals surface area contributed by atoms with Gasteiger partial charge in [0.05, 0.1) is 5.54 Å². The smallest absolute Gasteiger partial charge is 0.242 e. The number of carbonyl (C=O) groups is 1. The van der Waals surface area contributed by atoms with Gasteiger partial charge in [-0.05, 0) is 18.9 Å². The van der Waals surface area contributed by atoms with Crippen LogP contribution in [-0.4, -0.2) is 52.5 Å². The van der Waals surface area contributed by atoms with Crippen LogP contribution in [0.2, 0.25) is 0 Å². The van der Waals surface area contributed by atoms with Crippen molar-refractivity contribution in [1.29, 1.82) is 0 Å². The first-order valence-electron chi connectivity index (χ1n) is 6.29. The van der Waals surface area contributed by atoms with E-state index < -0.39 is 5.54 Å². The zero-order valence-electron chi connectivity index (χ0n) is 10.2. The summed E-state index contributed by atoms with van der Waals surface area (Å²) in [6.07, 6.45) is 5.12. The molecule has 0 unspecified atom stereocenters. The summed E-state index contributed by atoms with van der Waals surface area (Å²) in [5.41, 5.74) is 5.39. The molecule has 2 fully saturated rings. The van der Waals surface area contributed by atoms with Gasteiger partial charge in [-0.25, -0.2) is 9.97 Å². The molecule has 2 heterocycles. The first-order valence-corrected chi connectivity index (χ1v) is 6.29. The maximum atomic E-state index is 12.1. The Morgan fingerprint density at radius 3 is 2.33 bits per heavy atom. The number of carbonyl (C=O) groups excluding carboxylic acids is 1. The van der Waals surface area contributed by atoms with Crippen LogP contribution in [0, 0.1) is 0 Å². The van der Waals surface area contributed by atoms with Crippen molar-refractivity contribution in [2.45, 2.75) is 18.4 Å². The van der Waals surface area contributed by atoms with Gasteiger partial charge in [0.1, 0.15) is 0 Å². The van der Waals surface area contributed by atoms with Crippen LogP contribution in [0.1, 0.15) is 12.8 Å². The van der Waals surface area contributed by atoms with E-state index >= 15 is 0 Å². The molecule has 96 valence electrons. The van der Waals surface area contributed by atoms with Gasteiger partial charge in [-0.15, -0.1) is 0 Å². The Labute approximate surface area is 106 Å². The summed E-state index contributed by atoms with van der Waals surface area (Å²) < 4.78 is 0. The topological polar surface area (TPSA) is 75.4 Å². The SMILES string of the molecule is NC1(C(=O)N2CCN(c3ncccn3)CC2)CC1. The number of hydrogen-bond acceptors (Lipinski definition) is 5. The van der Waals surface area contributed by atoms with E-state index in [1.54, 1.807) is 18.5 Å². The molecule has 2 aliphatic rings. The van der Waals surface area contributed by atoms with Crippen molar-refractivity contribution in [3.63, 3.8) is 0 Å². The lowest BCUT2D eigenvalue weighted by Crippen LogP contribution is -2.54. The quantitative estimate of drug-likeness (QED) is 0.771. The number of amides is 1. The highest BCUT2D eigenvalue weighted by molar-refractivity contribution is 5.89. The van der Waals surface area contributed by atoms with Crippen molar-refractivity contribution in [1.82, 2.24) is 14.9 Å². The standard InChI is InChI=1S/C12H17N5O/c13-12(2-3-12)10(18)16-6-8-17(9-7-16)11-14-4-1-5-15-11/h1,4-5H,2-3,6-9,13H2. The number of rotatable bonds is 2. The molecule has 0 spiro atoms. The van der Waals surface area contributed by atoms with Gasteiger partial charge >= 0.3 is 0 Å². The fourth-order valence-corrected chi connectivity index (χ4v) is 2.23. The van der Waals surface area contributed by atoms with Crippen LogP contribution in [-0.2, 0) is 4.79 Å². The van der Waals surface area contributed by atoms with Gasteiger partial charge in [0.25, 0.3) is 0 Å². The molecular formula is C12H17N5O. The van der Waals surface area contributed by atoms with E-state index in [4.69, 9.17) is 5.73 Å². The Hall–Kier alpha value is -1.69. The van der Waals surface area contributed by atoms with E-state index in [0.29, 0.717) is 13.1 Å². The minimum absolute atomic E-state index is 0.108. The zero-order valence-corrected chi connectivity index (χ0v) is 10.2. The molecule has 1 saturated heterocycles. The molecule has 1 aromatic heterocycles. The van der Waals surface area contributed by atoms with Crippen molar-refractivity contribution >= 4 is 11.9 Å². The van der Waals surface area contributed by atoms with Gasteiger partial charge in [-0.2, -0.15) is 0 Å². The average molecular weight is 247 g/mol. The highest BCUT2D eigenvalue weighted by Crippen LogP contribution is 2.34. The number of piperazine rings is 1. The molecule has 1 aliphatic heterocycles. The minimum atomic E-state index is -0.550. The lowest BCUT2D eigenvalue weighted by molar-refractivity contribution is -0.133. The van der Waals surface area contributed by atoms with Gasteiger partial charge in [-0.1, -0.05) is 0 Å². The lowest BCUT2D eigenvalue weighted by Gasteiger charge is -2.35. The van der Waals surface area contributed by atoms with Gasteiger partial charge in [0, 0.05) is 38.6 Å². The van der Waals surface area contributed by atoms with E-state index in [-0.39, 0.29) is 5.91 Å². The molecule has 0 aromatic carbocycles. The van der Waals surface area contributed by atoms with E-state index in [0.717, 1.165) is 31.9 Å². The van der Waals surface area contributed by atoms with Crippen LogP contribution in [0.5, 0.6) is 0 Å². The predicted molar refractivity (Wildman–Crippen MR) is 67.0 cm³/mol. The Morgan fingerprint density at radius 1 is 1.17 bits per heavy atom. The molecule has 0 atom stereocenters. The third-order valence-corrected chi connectivity index (χ3v) is 3.62. The Balaban J connectivity index is 1.60. The van der Waals surface area contributed by atoms with E-state index in [2.05, 4.69) is 14.9 Å². The Kier molecular flexibility index (Phi) is 2.66. The zero-order chi connectivity index (χ0) is 12.6. The summed E-state index contributed by atoms with van der Waals surface area (Å²) in [5, 5.41) is 0. The molecular weight excluding hydrogens is 230 g/mol. The van der Waals surface area contributed by atoms with E-state index in [1.807, 2.05) is 4.90 Å². The Bertz CT molecular complexity index is 437. The molecule has 0 radical (unpaired) electrons. The highest BCUT2D eigenvalue weighted by Gasteiger charge is 2.48. The number of hydrogen-bond donors (Lipinski definition) is 1. The largest absolute Gasteiger partial charge is 0.338 e. The molecule has 1 aromatic rings. The lowest BCUT2D eigenvalue weighted by atomic mass is 10.2. The van der Waals surface area contributed by atoms with Crippen LogP contribution >= 0.6 is 0 Å². The second-order valence-electron chi connectivity index (χ2n) is 4.98. The molecule has 1 amide bonds. The normalized spacial score (nSPS) is 21.8. The number of nitrogens with two attached hydrogens (primary N) is 1. The summed E-state index contributed by atoms with van der Waals surface area (Å²) in [6.45, 7) is 2.95. The van der Waals surface area contributed by atoms with Crippen LogP contribution in [0.25, 0.3) is 0 Å². The maximum Gasteiger partial charge on any atom is 0.242 e. The van der Waals surface area contributed by atoms with Gasteiger partial charge in [0.15, 0.2) is 0 Å². The first-order chi connectivity index (χ1) is 8.69. The van der Waals surface area contributed by atoms with Crippen molar-refractivity contribution in [3.8, 4) is 0 Å². The number of anilines is 1. The summed E-state index contributed by atoms with van der Waals surface area (Å²) in [7, 11) is 0. The van der Waals surface area contributed by atoms with Crippen molar-refractivity contribution in [2.24, 2.45) is 5.73 Å². The van der Waals surface area contributed by atoms with Crippen molar-refractivity contribution in [3.05, 3.63) is 18.5 Å². The average Bonchev–Trinajstić information content (AvgIpc) is 3.18. The molecule has 1 aliphatic carbocycles. The third-order valence-electron chi connectivity index (χ3n) is 3.62. The Morgan fingerprint density at radius 2 is 1.78 bits per heavy atom. The third kappa shape index (κ3) is 2.03. The monoisotopic (exact) mass is 247 g/mol. The molecule has 3 rings (SSSR count). The fraction of sp³-hybridized carbons (Fsp3) is 0.583. The van der Waals surface area contributed by atoms with E-state index in [1.165, 1.54) is 0 Å². The number of nitrogens with zero attached hydrogens (tertiary/aromatic N) is 4. The minimum Gasteiger partial charge on any atom is -0.338 e. The van der Waals surface area contributed by atoms with Gasteiger partial charge in [-0.3, -0.25) is 4.79 Å². The predicted octanol–water partition coefficient (Wildman–Crippen LogP) is -0.384. The van der Waals surface area contributed by atoms with Crippen molar-refractivity contribution in [2.75, 3.05) is 31.1 Å². The second-order valence-corrected chi connectivity index (χ2v) is 4.98. The molecule has 0 bridgehead atoms. The fourth-order valence-electron chi connectivity index (χ4n) is 2.23. The van der Waals surface area contributed by atoms with Crippen LogP contribution < -0.4 is 10.6 Å². The van der Waals surface area contributed by atoms with E-state index in [9.17, 15) is 4.79 Å². The molecule has 1 saturated carbocycles. The van der Waals surface area contributed by atoms with Crippen LogP contribution in [0.4, 0.5) is 5.95 Å². The van der Waals surface area contributed by atoms with Crippen LogP contribution in [0.3, 0.4) is 0 Å². The second kappa shape index (κ2) is 4.20. The summed E-state index contributed by atoms with van der Waals surface area (Å²) >= 11 is 0. The van der Waals surface area contributed by atoms with Gasteiger partial charge in [0.2, 0.25) is 11.9 Å². The van der Waals surface area contributed by atoms with Crippen LogP contribution in [0.15, 0.2) is 18.5 Å². The first kappa shape index (κ1) is 11.4. The molecule has 6 heteroatoms. The molecule has 2 N–H and O–H groups in total. The molecule has 6 nitrogen and oxygen atoms in total. The highest BCUT2D eigenvalue weighted by atomic mass is 16.2.